The highest BCUT2D eigenvalue weighted by Crippen LogP contribution is 2.33. The van der Waals surface area contributed by atoms with Crippen LogP contribution in [-0.4, -0.2) is 15.0 Å². The van der Waals surface area contributed by atoms with Gasteiger partial charge in [0.25, 0.3) is 10.0 Å². The summed E-state index contributed by atoms with van der Waals surface area (Å²) >= 11 is 0. The van der Waals surface area contributed by atoms with Gasteiger partial charge in [0.15, 0.2) is 0 Å². The van der Waals surface area contributed by atoms with Gasteiger partial charge in [-0.3, -0.25) is 4.72 Å². The first-order valence-electron chi connectivity index (χ1n) is 8.04. The van der Waals surface area contributed by atoms with Crippen LogP contribution in [-0.2, 0) is 23.1 Å². The largest absolute Gasteiger partial charge is 0.330 e. The van der Waals surface area contributed by atoms with Crippen LogP contribution in [0.2, 0.25) is 0 Å². The van der Waals surface area contributed by atoms with Crippen molar-refractivity contribution in [2.45, 2.75) is 36.8 Å². The molecule has 1 aliphatic carbocycles. The van der Waals surface area contributed by atoms with E-state index in [-0.39, 0.29) is 4.90 Å². The molecule has 0 aromatic heterocycles. The lowest BCUT2D eigenvalue weighted by Crippen LogP contribution is -2.19. The van der Waals surface area contributed by atoms with E-state index in [9.17, 15) is 12.8 Å². The van der Waals surface area contributed by atoms with Crippen LogP contribution in [0.4, 0.5) is 10.1 Å². The third kappa shape index (κ3) is 3.44. The summed E-state index contributed by atoms with van der Waals surface area (Å²) in [4.78, 5) is 0.0650. The molecule has 3 N–H and O–H groups in total. The Bertz CT molecular complexity index is 837. The molecule has 0 saturated heterocycles. The summed E-state index contributed by atoms with van der Waals surface area (Å²) in [6, 6.07) is 11.5. The Morgan fingerprint density at radius 2 is 2.04 bits per heavy atom. The van der Waals surface area contributed by atoms with Crippen LogP contribution >= 0.6 is 0 Å². The summed E-state index contributed by atoms with van der Waals surface area (Å²) in [7, 11) is -3.73. The predicted molar refractivity (Wildman–Crippen MR) is 93.2 cm³/mol. The molecule has 2 aromatic carbocycles. The second-order valence-corrected chi connectivity index (χ2v) is 7.81. The van der Waals surface area contributed by atoms with Crippen LogP contribution in [0.1, 0.15) is 35.4 Å². The summed E-state index contributed by atoms with van der Waals surface area (Å²) in [5.41, 5.74) is 9.05. The van der Waals surface area contributed by atoms with Crippen LogP contribution in [0, 0.1) is 0 Å². The average molecular weight is 348 g/mol. The normalized spacial score (nSPS) is 17.3. The number of hydrogen-bond donors (Lipinski definition) is 2. The summed E-state index contributed by atoms with van der Waals surface area (Å²) in [5.74, 6) is 0.348. The van der Waals surface area contributed by atoms with E-state index < -0.39 is 16.7 Å². The minimum Gasteiger partial charge on any atom is -0.330 e. The average Bonchev–Trinajstić information content (AvgIpc) is 2.60. The standard InChI is InChI=1S/C18H21FN2O2S/c19-11-13-3-1-6-17(9-13)24(22,23)21-16-7-8-18-14(10-16)4-2-5-15(18)12-20/h1,3,6-10,15,21H,2,4-5,11-12,20H2. The van der Waals surface area contributed by atoms with Gasteiger partial charge in [-0.2, -0.15) is 0 Å². The molecule has 0 heterocycles. The number of rotatable bonds is 5. The smallest absolute Gasteiger partial charge is 0.261 e. The van der Waals surface area contributed by atoms with E-state index in [0.717, 1.165) is 24.8 Å². The summed E-state index contributed by atoms with van der Waals surface area (Å²) < 4.78 is 40.4. The minimum absolute atomic E-state index is 0.0650. The maximum Gasteiger partial charge on any atom is 0.261 e. The molecule has 3 rings (SSSR count). The van der Waals surface area contributed by atoms with Gasteiger partial charge in [0, 0.05) is 5.69 Å². The fourth-order valence-corrected chi connectivity index (χ4v) is 4.35. The molecule has 0 saturated carbocycles. The minimum atomic E-state index is -3.73. The van der Waals surface area contributed by atoms with Gasteiger partial charge in [-0.1, -0.05) is 18.2 Å². The molecule has 1 aliphatic rings. The second-order valence-electron chi connectivity index (χ2n) is 6.12. The van der Waals surface area contributed by atoms with E-state index in [1.807, 2.05) is 12.1 Å². The number of sulfonamides is 1. The molecule has 0 amide bonds. The molecule has 0 radical (unpaired) electrons. The lowest BCUT2D eigenvalue weighted by atomic mass is 9.83. The quantitative estimate of drug-likeness (QED) is 0.870. The van der Waals surface area contributed by atoms with Gasteiger partial charge in [0.1, 0.15) is 6.67 Å². The Kier molecular flexibility index (Phi) is 4.87. The molecule has 2 aromatic rings. The number of nitrogens with two attached hydrogens (primary N) is 1. The number of alkyl halides is 1. The van der Waals surface area contributed by atoms with Crippen molar-refractivity contribution in [2.24, 2.45) is 5.73 Å². The Morgan fingerprint density at radius 1 is 1.21 bits per heavy atom. The van der Waals surface area contributed by atoms with Gasteiger partial charge in [-0.05, 0) is 72.7 Å². The number of fused-ring (bicyclic) bond motifs is 1. The molecule has 1 atom stereocenters. The first-order chi connectivity index (χ1) is 11.5. The molecule has 1 unspecified atom stereocenters. The van der Waals surface area contributed by atoms with Crippen molar-refractivity contribution in [3.8, 4) is 0 Å². The second kappa shape index (κ2) is 6.91. The molecule has 128 valence electrons. The summed E-state index contributed by atoms with van der Waals surface area (Å²) in [6.07, 6.45) is 3.06. The number of benzene rings is 2. The zero-order valence-electron chi connectivity index (χ0n) is 13.3. The van der Waals surface area contributed by atoms with E-state index in [4.69, 9.17) is 5.73 Å². The lowest BCUT2D eigenvalue weighted by Gasteiger charge is -2.25. The Hall–Kier alpha value is -1.92. The molecule has 6 heteroatoms. The van der Waals surface area contributed by atoms with E-state index in [1.54, 1.807) is 18.2 Å². The SMILES string of the molecule is NCC1CCCc2cc(NS(=O)(=O)c3cccc(CF)c3)ccc21. The molecule has 0 spiro atoms. The van der Waals surface area contributed by atoms with Crippen LogP contribution < -0.4 is 10.5 Å². The maximum atomic E-state index is 12.8. The van der Waals surface area contributed by atoms with Gasteiger partial charge < -0.3 is 5.73 Å². The monoisotopic (exact) mass is 348 g/mol. The number of aryl methyl sites for hydroxylation is 1. The highest BCUT2D eigenvalue weighted by molar-refractivity contribution is 7.92. The Labute approximate surface area is 141 Å². The topological polar surface area (TPSA) is 72.2 Å². The summed E-state index contributed by atoms with van der Waals surface area (Å²) in [6.45, 7) is -0.0865. The number of anilines is 1. The van der Waals surface area contributed by atoms with Crippen LogP contribution in [0.25, 0.3) is 0 Å². The first kappa shape index (κ1) is 16.9. The highest BCUT2D eigenvalue weighted by Gasteiger charge is 2.20. The van der Waals surface area contributed by atoms with Gasteiger partial charge in [-0.15, -0.1) is 0 Å². The van der Waals surface area contributed by atoms with Crippen molar-refractivity contribution in [3.05, 3.63) is 59.2 Å². The summed E-state index contributed by atoms with van der Waals surface area (Å²) in [5, 5.41) is 0. The number of hydrogen-bond acceptors (Lipinski definition) is 3. The van der Waals surface area contributed by atoms with Gasteiger partial charge in [0.05, 0.1) is 4.90 Å². The van der Waals surface area contributed by atoms with Crippen molar-refractivity contribution >= 4 is 15.7 Å². The van der Waals surface area contributed by atoms with Crippen molar-refractivity contribution in [3.63, 3.8) is 0 Å². The maximum absolute atomic E-state index is 12.8. The molecule has 0 aliphatic heterocycles. The first-order valence-corrected chi connectivity index (χ1v) is 9.52. The fraction of sp³-hybridized carbons (Fsp3) is 0.333. The molecule has 24 heavy (non-hydrogen) atoms. The van der Waals surface area contributed by atoms with E-state index >= 15 is 0 Å². The third-order valence-electron chi connectivity index (χ3n) is 4.48. The fourth-order valence-electron chi connectivity index (χ4n) is 3.23. The van der Waals surface area contributed by atoms with Crippen LogP contribution in [0.3, 0.4) is 0 Å². The van der Waals surface area contributed by atoms with Gasteiger partial charge in [-0.25, -0.2) is 12.8 Å². The van der Waals surface area contributed by atoms with Gasteiger partial charge >= 0.3 is 0 Å². The van der Waals surface area contributed by atoms with Crippen LogP contribution in [0.5, 0.6) is 0 Å². The third-order valence-corrected chi connectivity index (χ3v) is 5.86. The molecular formula is C18H21FN2O2S. The predicted octanol–water partition coefficient (Wildman–Crippen LogP) is 3.34. The van der Waals surface area contributed by atoms with E-state index in [2.05, 4.69) is 4.72 Å². The van der Waals surface area contributed by atoms with E-state index in [0.29, 0.717) is 23.7 Å². The van der Waals surface area contributed by atoms with Crippen molar-refractivity contribution in [1.82, 2.24) is 0 Å². The van der Waals surface area contributed by atoms with Crippen molar-refractivity contribution < 1.29 is 12.8 Å². The Balaban J connectivity index is 1.87. The zero-order chi connectivity index (χ0) is 17.2. The number of nitrogens with one attached hydrogen (secondary N) is 1. The van der Waals surface area contributed by atoms with Gasteiger partial charge in [0.2, 0.25) is 0 Å². The molecule has 0 bridgehead atoms. The van der Waals surface area contributed by atoms with Crippen molar-refractivity contribution in [2.75, 3.05) is 11.3 Å². The Morgan fingerprint density at radius 3 is 2.79 bits per heavy atom. The molecule has 4 nitrogen and oxygen atoms in total. The molecule has 0 fully saturated rings. The van der Waals surface area contributed by atoms with E-state index in [1.165, 1.54) is 17.7 Å². The van der Waals surface area contributed by atoms with Crippen LogP contribution in [0.15, 0.2) is 47.4 Å². The lowest BCUT2D eigenvalue weighted by molar-refractivity contribution is 0.484. The van der Waals surface area contributed by atoms with Crippen molar-refractivity contribution in [1.29, 1.82) is 0 Å². The zero-order valence-corrected chi connectivity index (χ0v) is 14.2. The highest BCUT2D eigenvalue weighted by atomic mass is 32.2. The number of halogens is 1. The molecular weight excluding hydrogens is 327 g/mol.